The van der Waals surface area contributed by atoms with Crippen LogP contribution in [-0.4, -0.2) is 27.1 Å². The predicted molar refractivity (Wildman–Crippen MR) is 64.8 cm³/mol. The summed E-state index contributed by atoms with van der Waals surface area (Å²) < 4.78 is 0. The Hall–Kier alpha value is -0.243. The van der Waals surface area contributed by atoms with Gasteiger partial charge in [0.05, 0.1) is 8.07 Å². The molecule has 0 spiro atoms. The second-order valence-corrected chi connectivity index (χ2v) is 9.64. The molecule has 13 heavy (non-hydrogen) atoms. The molecule has 0 N–H and O–H groups in total. The minimum absolute atomic E-state index is 0.898. The van der Waals surface area contributed by atoms with Crippen LogP contribution in [0.3, 0.4) is 0 Å². The maximum absolute atomic E-state index is 2.36. The zero-order valence-electron chi connectivity index (χ0n) is 9.93. The highest BCUT2D eigenvalue weighted by atomic mass is 28.3. The first-order chi connectivity index (χ1) is 6.10. The van der Waals surface area contributed by atoms with E-state index in [1.54, 1.807) is 0 Å². The molecule has 0 saturated heterocycles. The second kappa shape index (κ2) is 6.25. The van der Waals surface area contributed by atoms with Gasteiger partial charge < -0.3 is 4.90 Å². The minimum Gasteiger partial charge on any atom is -0.384 e. The van der Waals surface area contributed by atoms with Gasteiger partial charge in [-0.25, -0.2) is 0 Å². The SMILES string of the molecule is CC[Si](CC)(CC)CC=CN(C)C. The van der Waals surface area contributed by atoms with Gasteiger partial charge in [-0.3, -0.25) is 0 Å². The second-order valence-electron chi connectivity index (χ2n) is 4.11. The van der Waals surface area contributed by atoms with Gasteiger partial charge in [0.1, 0.15) is 0 Å². The average molecular weight is 199 g/mol. The average Bonchev–Trinajstić information content (AvgIpc) is 2.13. The Kier molecular flexibility index (Phi) is 6.13. The molecule has 0 radical (unpaired) electrons. The summed E-state index contributed by atoms with van der Waals surface area (Å²) in [5.41, 5.74) is 0. The Balaban J connectivity index is 4.10. The number of nitrogens with zero attached hydrogens (tertiary/aromatic N) is 1. The molecule has 0 atom stereocenters. The highest BCUT2D eigenvalue weighted by Gasteiger charge is 2.24. The van der Waals surface area contributed by atoms with Crippen LogP contribution >= 0.6 is 0 Å². The number of hydrogen-bond acceptors (Lipinski definition) is 1. The topological polar surface area (TPSA) is 3.24 Å². The van der Waals surface area contributed by atoms with E-state index in [9.17, 15) is 0 Å². The van der Waals surface area contributed by atoms with Gasteiger partial charge in [0, 0.05) is 14.1 Å². The van der Waals surface area contributed by atoms with E-state index in [-0.39, 0.29) is 0 Å². The van der Waals surface area contributed by atoms with Gasteiger partial charge in [-0.15, -0.1) is 0 Å². The first-order valence-corrected chi connectivity index (χ1v) is 8.26. The third kappa shape index (κ3) is 4.51. The maximum Gasteiger partial charge on any atom is 0.0565 e. The van der Waals surface area contributed by atoms with Crippen molar-refractivity contribution in [3.8, 4) is 0 Å². The first kappa shape index (κ1) is 12.8. The third-order valence-electron chi connectivity index (χ3n) is 3.20. The Morgan fingerprint density at radius 3 is 1.77 bits per heavy atom. The van der Waals surface area contributed by atoms with Crippen molar-refractivity contribution < 1.29 is 0 Å². The maximum atomic E-state index is 2.36. The van der Waals surface area contributed by atoms with Crippen LogP contribution in [0.15, 0.2) is 12.3 Å². The highest BCUT2D eigenvalue weighted by molar-refractivity contribution is 6.80. The summed E-state index contributed by atoms with van der Waals surface area (Å²) in [4.78, 5) is 2.13. The lowest BCUT2D eigenvalue weighted by atomic mass is 10.6. The number of rotatable bonds is 6. The van der Waals surface area contributed by atoms with E-state index in [2.05, 4.69) is 52.0 Å². The molecular formula is C11H25NSi. The molecule has 0 aliphatic carbocycles. The molecule has 1 nitrogen and oxygen atoms in total. The van der Waals surface area contributed by atoms with Gasteiger partial charge in [0.25, 0.3) is 0 Å². The molecule has 0 unspecified atom stereocenters. The van der Waals surface area contributed by atoms with E-state index in [0.29, 0.717) is 0 Å². The van der Waals surface area contributed by atoms with Crippen LogP contribution < -0.4 is 0 Å². The summed E-state index contributed by atoms with van der Waals surface area (Å²) in [5.74, 6) is 0. The molecule has 0 rings (SSSR count). The summed E-state index contributed by atoms with van der Waals surface area (Å²) in [6, 6.07) is 5.64. The Bertz CT molecular complexity index is 140. The molecule has 0 heterocycles. The Morgan fingerprint density at radius 2 is 1.46 bits per heavy atom. The Morgan fingerprint density at radius 1 is 1.00 bits per heavy atom. The molecule has 0 amide bonds. The number of allylic oxidation sites excluding steroid dienone is 1. The van der Waals surface area contributed by atoms with Crippen molar-refractivity contribution in [3.05, 3.63) is 12.3 Å². The lowest BCUT2D eigenvalue weighted by Gasteiger charge is -2.26. The van der Waals surface area contributed by atoms with Gasteiger partial charge >= 0.3 is 0 Å². The summed E-state index contributed by atoms with van der Waals surface area (Å²) >= 11 is 0. The van der Waals surface area contributed by atoms with Crippen LogP contribution in [0.2, 0.25) is 24.2 Å². The van der Waals surface area contributed by atoms with E-state index < -0.39 is 8.07 Å². The molecule has 0 aromatic heterocycles. The predicted octanol–water partition coefficient (Wildman–Crippen LogP) is 3.57. The van der Waals surface area contributed by atoms with E-state index in [1.807, 2.05) is 0 Å². The fourth-order valence-electron chi connectivity index (χ4n) is 1.70. The minimum atomic E-state index is -0.898. The zero-order chi connectivity index (χ0) is 10.3. The van der Waals surface area contributed by atoms with Gasteiger partial charge in [-0.05, 0) is 12.2 Å². The van der Waals surface area contributed by atoms with Crippen molar-refractivity contribution in [1.29, 1.82) is 0 Å². The molecule has 2 heteroatoms. The van der Waals surface area contributed by atoms with Gasteiger partial charge in [0.2, 0.25) is 0 Å². The smallest absolute Gasteiger partial charge is 0.0565 e. The summed E-state index contributed by atoms with van der Waals surface area (Å²) in [6.45, 7) is 7.09. The lowest BCUT2D eigenvalue weighted by Crippen LogP contribution is -2.30. The van der Waals surface area contributed by atoms with E-state index in [4.69, 9.17) is 0 Å². The van der Waals surface area contributed by atoms with Crippen LogP contribution in [0.5, 0.6) is 0 Å². The molecule has 0 fully saturated rings. The summed E-state index contributed by atoms with van der Waals surface area (Å²) in [6.07, 6.45) is 4.56. The highest BCUT2D eigenvalue weighted by Crippen LogP contribution is 2.25. The molecule has 0 bridgehead atoms. The van der Waals surface area contributed by atoms with Crippen molar-refractivity contribution in [2.24, 2.45) is 0 Å². The van der Waals surface area contributed by atoms with Gasteiger partial charge in [0.15, 0.2) is 0 Å². The molecule has 0 aliphatic rings. The van der Waals surface area contributed by atoms with Crippen molar-refractivity contribution in [1.82, 2.24) is 4.90 Å². The summed E-state index contributed by atoms with van der Waals surface area (Å²) in [5, 5.41) is 0. The third-order valence-corrected chi connectivity index (χ3v) is 8.81. The van der Waals surface area contributed by atoms with Crippen LogP contribution in [-0.2, 0) is 0 Å². The standard InChI is InChI=1S/C11H25NSi/c1-6-13(7-2,8-3)11-9-10-12(4)5/h9-10H,6-8,11H2,1-5H3. The van der Waals surface area contributed by atoms with Gasteiger partial charge in [-0.2, -0.15) is 0 Å². The number of hydrogen-bond donors (Lipinski definition) is 0. The molecule has 0 saturated carbocycles. The molecule has 0 aromatic rings. The zero-order valence-corrected chi connectivity index (χ0v) is 10.9. The van der Waals surface area contributed by atoms with Crippen LogP contribution in [0.25, 0.3) is 0 Å². The Labute approximate surface area is 84.8 Å². The molecular weight excluding hydrogens is 174 g/mol. The van der Waals surface area contributed by atoms with E-state index in [1.165, 1.54) is 24.2 Å². The fraction of sp³-hybridized carbons (Fsp3) is 0.818. The summed E-state index contributed by atoms with van der Waals surface area (Å²) in [7, 11) is 3.28. The largest absolute Gasteiger partial charge is 0.384 e. The fourth-order valence-corrected chi connectivity index (χ4v) is 4.67. The van der Waals surface area contributed by atoms with Crippen LogP contribution in [0, 0.1) is 0 Å². The van der Waals surface area contributed by atoms with Crippen molar-refractivity contribution in [3.63, 3.8) is 0 Å². The van der Waals surface area contributed by atoms with Crippen molar-refractivity contribution >= 4 is 8.07 Å². The monoisotopic (exact) mass is 199 g/mol. The quantitative estimate of drug-likeness (QED) is 0.591. The molecule has 0 aromatic carbocycles. The van der Waals surface area contributed by atoms with Crippen molar-refractivity contribution in [2.75, 3.05) is 14.1 Å². The van der Waals surface area contributed by atoms with E-state index >= 15 is 0 Å². The van der Waals surface area contributed by atoms with Crippen LogP contribution in [0.4, 0.5) is 0 Å². The van der Waals surface area contributed by atoms with E-state index in [0.717, 1.165) is 0 Å². The van der Waals surface area contributed by atoms with Crippen LogP contribution in [0.1, 0.15) is 20.8 Å². The lowest BCUT2D eigenvalue weighted by molar-refractivity contribution is 0.562. The molecule has 0 aliphatic heterocycles. The first-order valence-electron chi connectivity index (χ1n) is 5.43. The molecule has 78 valence electrons. The van der Waals surface area contributed by atoms with Gasteiger partial charge in [-0.1, -0.05) is 45.0 Å². The van der Waals surface area contributed by atoms with Crippen molar-refractivity contribution in [2.45, 2.75) is 44.9 Å². The normalized spacial score (nSPS) is 12.4.